The van der Waals surface area contributed by atoms with Crippen LogP contribution in [0.25, 0.3) is 6.08 Å². The molecule has 0 saturated carbocycles. The van der Waals surface area contributed by atoms with Crippen LogP contribution < -0.4 is 10.6 Å². The first-order chi connectivity index (χ1) is 12.6. The Balaban J connectivity index is 1.95. The van der Waals surface area contributed by atoms with Gasteiger partial charge in [0.25, 0.3) is 0 Å². The minimum Gasteiger partial charge on any atom is -0.359 e. The second-order valence-electron chi connectivity index (χ2n) is 6.48. The molecule has 2 aromatic carbocycles. The van der Waals surface area contributed by atoms with Crippen LogP contribution in [0.3, 0.4) is 0 Å². The van der Waals surface area contributed by atoms with Crippen molar-refractivity contribution in [2.45, 2.75) is 45.7 Å². The predicted octanol–water partition coefficient (Wildman–Crippen LogP) is 6.44. The van der Waals surface area contributed by atoms with Gasteiger partial charge in [0, 0.05) is 12.7 Å². The minimum absolute atomic E-state index is 0.0460. The van der Waals surface area contributed by atoms with Crippen LogP contribution in [0.1, 0.15) is 45.1 Å². The molecule has 0 aliphatic rings. The van der Waals surface area contributed by atoms with E-state index in [0.717, 1.165) is 29.0 Å². The fourth-order valence-electron chi connectivity index (χ4n) is 2.70. The van der Waals surface area contributed by atoms with Crippen LogP contribution in [0.15, 0.2) is 64.8 Å². The molecule has 1 atom stereocenters. The highest BCUT2D eigenvalue weighted by Gasteiger charge is 2.09. The molecule has 0 aromatic heterocycles. The van der Waals surface area contributed by atoms with E-state index in [1.165, 1.54) is 19.3 Å². The first-order valence-corrected chi connectivity index (χ1v) is 9.37. The summed E-state index contributed by atoms with van der Waals surface area (Å²) in [5.74, 6) is 0. The van der Waals surface area contributed by atoms with Crippen molar-refractivity contribution >= 4 is 23.1 Å². The maximum Gasteiger partial charge on any atom is 0.0858 e. The number of rotatable bonds is 9. The molecule has 4 heteroatoms. The van der Waals surface area contributed by atoms with Crippen LogP contribution in [0, 0.1) is 0 Å². The zero-order valence-corrected chi connectivity index (χ0v) is 16.1. The Bertz CT molecular complexity index is 702. The van der Waals surface area contributed by atoms with Gasteiger partial charge in [-0.2, -0.15) is 10.2 Å². The summed E-state index contributed by atoms with van der Waals surface area (Å²) in [6.07, 6.45) is 8.75. The number of anilines is 1. The summed E-state index contributed by atoms with van der Waals surface area (Å²) in [5, 5.41) is 8.62. The molecule has 2 N–H and O–H groups in total. The van der Waals surface area contributed by atoms with Gasteiger partial charge in [0.15, 0.2) is 0 Å². The van der Waals surface area contributed by atoms with Gasteiger partial charge in [0.2, 0.25) is 0 Å². The zero-order valence-electron chi connectivity index (χ0n) is 16.1. The summed E-state index contributed by atoms with van der Waals surface area (Å²) < 4.78 is 0. The number of nitrogens with two attached hydrogens (primary N) is 1. The largest absolute Gasteiger partial charge is 0.359 e. The Morgan fingerprint density at radius 1 is 0.962 bits per heavy atom. The molecule has 2 aromatic rings. The summed E-state index contributed by atoms with van der Waals surface area (Å²) in [7, 11) is 2.04. The van der Waals surface area contributed by atoms with Crippen molar-refractivity contribution < 1.29 is 0 Å². The second-order valence-corrected chi connectivity index (χ2v) is 6.48. The molecule has 1 unspecified atom stereocenters. The van der Waals surface area contributed by atoms with Crippen LogP contribution in [-0.4, -0.2) is 13.2 Å². The van der Waals surface area contributed by atoms with E-state index in [1.807, 2.05) is 68.6 Å². The van der Waals surface area contributed by atoms with Gasteiger partial charge in [-0.25, -0.2) is 0 Å². The monoisotopic (exact) mass is 350 g/mol. The highest BCUT2D eigenvalue weighted by molar-refractivity contribution is 5.54. The molecule has 2 rings (SSSR count). The van der Waals surface area contributed by atoms with Crippen LogP contribution in [0.4, 0.5) is 17.1 Å². The van der Waals surface area contributed by atoms with Crippen molar-refractivity contribution in [1.29, 1.82) is 0 Å². The molecule has 138 valence electrons. The molecular weight excluding hydrogens is 320 g/mol. The van der Waals surface area contributed by atoms with Crippen molar-refractivity contribution in [1.82, 2.24) is 0 Å². The van der Waals surface area contributed by atoms with Crippen LogP contribution in [0.5, 0.6) is 0 Å². The van der Waals surface area contributed by atoms with E-state index in [4.69, 9.17) is 5.73 Å². The van der Waals surface area contributed by atoms with Gasteiger partial charge in [-0.1, -0.05) is 50.5 Å². The van der Waals surface area contributed by atoms with Gasteiger partial charge >= 0.3 is 0 Å². The minimum atomic E-state index is 0.0460. The van der Waals surface area contributed by atoms with Gasteiger partial charge in [-0.3, -0.25) is 0 Å². The third-order valence-electron chi connectivity index (χ3n) is 4.39. The molecular formula is C22H30N4. The Kier molecular flexibility index (Phi) is 8.03. The third kappa shape index (κ3) is 6.12. The van der Waals surface area contributed by atoms with Crippen LogP contribution >= 0.6 is 0 Å². The van der Waals surface area contributed by atoms with Crippen molar-refractivity contribution in [3.63, 3.8) is 0 Å². The normalized spacial score (nSPS) is 12.8. The molecule has 0 aliphatic carbocycles. The fraction of sp³-hybridized carbons (Fsp3) is 0.364. The van der Waals surface area contributed by atoms with Gasteiger partial charge in [-0.05, 0) is 55.3 Å². The van der Waals surface area contributed by atoms with Crippen molar-refractivity contribution in [2.75, 3.05) is 11.9 Å². The highest BCUT2D eigenvalue weighted by Crippen LogP contribution is 2.23. The maximum absolute atomic E-state index is 6.28. The molecule has 0 aliphatic heterocycles. The molecule has 0 saturated heterocycles. The van der Waals surface area contributed by atoms with Gasteiger partial charge < -0.3 is 10.6 Å². The van der Waals surface area contributed by atoms with Crippen molar-refractivity contribution in [3.05, 3.63) is 60.2 Å². The van der Waals surface area contributed by atoms with E-state index in [2.05, 4.69) is 28.1 Å². The lowest BCUT2D eigenvalue weighted by Crippen LogP contribution is -2.39. The summed E-state index contributed by atoms with van der Waals surface area (Å²) in [6.45, 7) is 4.21. The average molecular weight is 351 g/mol. The summed E-state index contributed by atoms with van der Waals surface area (Å²) >= 11 is 0. The van der Waals surface area contributed by atoms with E-state index >= 15 is 0 Å². The molecule has 26 heavy (non-hydrogen) atoms. The Morgan fingerprint density at radius 2 is 1.54 bits per heavy atom. The van der Waals surface area contributed by atoms with Crippen LogP contribution in [-0.2, 0) is 0 Å². The van der Waals surface area contributed by atoms with E-state index in [-0.39, 0.29) is 6.17 Å². The number of unbranched alkanes of at least 4 members (excludes halogenated alkanes) is 2. The number of benzene rings is 2. The summed E-state index contributed by atoms with van der Waals surface area (Å²) in [4.78, 5) is 2.12. The third-order valence-corrected chi connectivity index (χ3v) is 4.39. The number of hydrogen-bond donors (Lipinski definition) is 1. The second kappa shape index (κ2) is 10.5. The van der Waals surface area contributed by atoms with E-state index in [9.17, 15) is 0 Å². The smallest absolute Gasteiger partial charge is 0.0858 e. The number of nitrogens with zero attached hydrogens (tertiary/aromatic N) is 3. The quantitative estimate of drug-likeness (QED) is 0.321. The SMILES string of the molecule is C/C=C/c1ccc(N=Nc2ccc(N(C)C(N)CCCCC)cc2)cc1. The lowest BCUT2D eigenvalue weighted by atomic mass is 10.1. The van der Waals surface area contributed by atoms with E-state index < -0.39 is 0 Å². The Hall–Kier alpha value is -2.46. The van der Waals surface area contributed by atoms with Gasteiger partial charge in [0.05, 0.1) is 17.5 Å². The molecule has 0 fully saturated rings. The molecule has 0 amide bonds. The molecule has 0 radical (unpaired) electrons. The fourth-order valence-corrected chi connectivity index (χ4v) is 2.70. The summed E-state index contributed by atoms with van der Waals surface area (Å²) in [5.41, 5.74) is 10.2. The molecule has 4 nitrogen and oxygen atoms in total. The van der Waals surface area contributed by atoms with E-state index in [1.54, 1.807) is 0 Å². The lowest BCUT2D eigenvalue weighted by Gasteiger charge is -2.26. The standard InChI is InChI=1S/C22H30N4/c1-4-6-7-9-22(23)26(3)21-16-14-20(15-17-21)25-24-19-12-10-18(8-5-2)11-13-19/h5,8,10-17,22H,4,6-7,9,23H2,1-3H3/b8-5+,25-24?. The first-order valence-electron chi connectivity index (χ1n) is 9.37. The number of azo groups is 1. The molecule has 0 heterocycles. The van der Waals surface area contributed by atoms with Gasteiger partial charge in [-0.15, -0.1) is 0 Å². The number of allylic oxidation sites excluding steroid dienone is 1. The topological polar surface area (TPSA) is 54.0 Å². The average Bonchev–Trinajstić information content (AvgIpc) is 2.67. The predicted molar refractivity (Wildman–Crippen MR) is 112 cm³/mol. The van der Waals surface area contributed by atoms with Gasteiger partial charge in [0.1, 0.15) is 0 Å². The van der Waals surface area contributed by atoms with Crippen molar-refractivity contribution in [2.24, 2.45) is 16.0 Å². The zero-order chi connectivity index (χ0) is 18.8. The number of hydrogen-bond acceptors (Lipinski definition) is 4. The Morgan fingerprint density at radius 3 is 2.08 bits per heavy atom. The molecule has 0 bridgehead atoms. The lowest BCUT2D eigenvalue weighted by molar-refractivity contribution is 0.552. The van der Waals surface area contributed by atoms with E-state index in [0.29, 0.717) is 0 Å². The van der Waals surface area contributed by atoms with Crippen molar-refractivity contribution in [3.8, 4) is 0 Å². The summed E-state index contributed by atoms with van der Waals surface area (Å²) in [6, 6.07) is 16.0. The highest BCUT2D eigenvalue weighted by atomic mass is 15.2. The Labute approximate surface area is 157 Å². The first kappa shape index (κ1) is 19.9. The van der Waals surface area contributed by atoms with Crippen LogP contribution in [0.2, 0.25) is 0 Å². The maximum atomic E-state index is 6.28. The molecule has 0 spiro atoms.